The second kappa shape index (κ2) is 4.60. The molecule has 0 aliphatic rings. The minimum Gasteiger partial charge on any atom is -0.306 e. The number of rotatable bonds is 4. The van der Waals surface area contributed by atoms with Gasteiger partial charge in [-0.1, -0.05) is 6.07 Å². The summed E-state index contributed by atoms with van der Waals surface area (Å²) >= 11 is 3.47. The number of imidazole rings is 1. The van der Waals surface area contributed by atoms with E-state index in [-0.39, 0.29) is 0 Å². The summed E-state index contributed by atoms with van der Waals surface area (Å²) in [5.41, 5.74) is 2.38. The fraction of sp³-hybridized carbons (Fsp3) is 0.250. The van der Waals surface area contributed by atoms with Crippen LogP contribution in [-0.2, 0) is 13.1 Å². The fourth-order valence-electron chi connectivity index (χ4n) is 1.87. The molecule has 0 atom stereocenters. The molecule has 0 saturated carbocycles. The van der Waals surface area contributed by atoms with Crippen LogP contribution in [0.4, 0.5) is 0 Å². The van der Waals surface area contributed by atoms with Gasteiger partial charge in [0.25, 0.3) is 0 Å². The second-order valence-electron chi connectivity index (χ2n) is 3.88. The fourth-order valence-corrected chi connectivity index (χ4v) is 3.32. The van der Waals surface area contributed by atoms with Gasteiger partial charge in [-0.15, -0.1) is 22.7 Å². The number of nitrogens with zero attached hydrogens (tertiary/aromatic N) is 2. The van der Waals surface area contributed by atoms with Crippen LogP contribution in [0.1, 0.15) is 16.3 Å². The van der Waals surface area contributed by atoms with Crippen LogP contribution in [0.2, 0.25) is 0 Å². The van der Waals surface area contributed by atoms with Crippen molar-refractivity contribution in [1.82, 2.24) is 14.7 Å². The minimum absolute atomic E-state index is 0.863. The van der Waals surface area contributed by atoms with Crippen molar-refractivity contribution in [3.8, 4) is 0 Å². The van der Waals surface area contributed by atoms with Crippen molar-refractivity contribution in [3.63, 3.8) is 0 Å². The van der Waals surface area contributed by atoms with E-state index in [4.69, 9.17) is 0 Å². The summed E-state index contributed by atoms with van der Waals surface area (Å²) in [6.07, 6.45) is 2.09. The van der Waals surface area contributed by atoms with Gasteiger partial charge in [0.2, 0.25) is 0 Å². The molecule has 0 fully saturated rings. The molecule has 3 heterocycles. The average molecular weight is 263 g/mol. The molecule has 0 bridgehead atoms. The number of fused-ring (bicyclic) bond motifs is 1. The largest absolute Gasteiger partial charge is 0.306 e. The molecule has 0 amide bonds. The van der Waals surface area contributed by atoms with Gasteiger partial charge in [-0.2, -0.15) is 0 Å². The number of thiazole rings is 1. The van der Waals surface area contributed by atoms with Crippen molar-refractivity contribution < 1.29 is 0 Å². The standard InChI is InChI=1S/C12H13N3S2/c1-9-11(15-4-6-17-12(15)14-9)8-13-7-10-3-2-5-16-10/h2-6,13H,7-8H2,1H3. The van der Waals surface area contributed by atoms with E-state index < -0.39 is 0 Å². The molecule has 0 aliphatic heterocycles. The smallest absolute Gasteiger partial charge is 0.194 e. The van der Waals surface area contributed by atoms with Gasteiger partial charge < -0.3 is 5.32 Å². The van der Waals surface area contributed by atoms with Gasteiger partial charge in [0.05, 0.1) is 11.4 Å². The van der Waals surface area contributed by atoms with Gasteiger partial charge in [0.1, 0.15) is 0 Å². The average Bonchev–Trinajstić information content (AvgIpc) is 2.98. The quantitative estimate of drug-likeness (QED) is 0.784. The molecule has 0 aromatic carbocycles. The van der Waals surface area contributed by atoms with Crippen LogP contribution in [-0.4, -0.2) is 9.38 Å². The van der Waals surface area contributed by atoms with E-state index in [0.717, 1.165) is 23.7 Å². The molecular formula is C12H13N3S2. The van der Waals surface area contributed by atoms with Crippen LogP contribution in [0.25, 0.3) is 4.96 Å². The highest BCUT2D eigenvalue weighted by atomic mass is 32.1. The predicted molar refractivity (Wildman–Crippen MR) is 72.7 cm³/mol. The maximum atomic E-state index is 4.53. The van der Waals surface area contributed by atoms with Crippen molar-refractivity contribution >= 4 is 27.6 Å². The summed E-state index contributed by atoms with van der Waals surface area (Å²) in [4.78, 5) is 6.98. The Labute approximate surface area is 108 Å². The molecule has 17 heavy (non-hydrogen) atoms. The van der Waals surface area contributed by atoms with E-state index in [1.54, 1.807) is 22.7 Å². The first-order valence-electron chi connectivity index (χ1n) is 5.49. The molecule has 0 radical (unpaired) electrons. The second-order valence-corrected chi connectivity index (χ2v) is 5.79. The monoisotopic (exact) mass is 263 g/mol. The third-order valence-corrected chi connectivity index (χ3v) is 4.37. The van der Waals surface area contributed by atoms with Gasteiger partial charge in [-0.3, -0.25) is 4.40 Å². The van der Waals surface area contributed by atoms with Gasteiger partial charge in [0, 0.05) is 29.5 Å². The van der Waals surface area contributed by atoms with Crippen molar-refractivity contribution in [1.29, 1.82) is 0 Å². The summed E-state index contributed by atoms with van der Waals surface area (Å²) in [7, 11) is 0. The van der Waals surface area contributed by atoms with Gasteiger partial charge in [-0.05, 0) is 18.4 Å². The van der Waals surface area contributed by atoms with Gasteiger partial charge in [-0.25, -0.2) is 4.98 Å². The molecule has 0 saturated heterocycles. The zero-order valence-electron chi connectivity index (χ0n) is 9.51. The molecule has 0 aliphatic carbocycles. The first kappa shape index (κ1) is 11.0. The predicted octanol–water partition coefficient (Wildman–Crippen LogP) is 3.06. The Bertz CT molecular complexity index is 607. The van der Waals surface area contributed by atoms with E-state index in [0.29, 0.717) is 0 Å². The van der Waals surface area contributed by atoms with E-state index in [2.05, 4.69) is 50.7 Å². The lowest BCUT2D eigenvalue weighted by Crippen LogP contribution is -2.13. The first-order valence-corrected chi connectivity index (χ1v) is 7.24. The van der Waals surface area contributed by atoms with Crippen molar-refractivity contribution in [2.75, 3.05) is 0 Å². The molecule has 88 valence electrons. The number of thiophene rings is 1. The highest BCUT2D eigenvalue weighted by molar-refractivity contribution is 7.15. The van der Waals surface area contributed by atoms with Crippen LogP contribution in [0.5, 0.6) is 0 Å². The molecule has 3 rings (SSSR count). The Hall–Kier alpha value is -1.17. The molecule has 0 spiro atoms. The van der Waals surface area contributed by atoms with Crippen LogP contribution in [0.15, 0.2) is 29.1 Å². The summed E-state index contributed by atoms with van der Waals surface area (Å²) in [6.45, 7) is 3.86. The van der Waals surface area contributed by atoms with E-state index in [1.807, 2.05) is 0 Å². The lowest BCUT2D eigenvalue weighted by molar-refractivity contribution is 0.679. The van der Waals surface area contributed by atoms with Gasteiger partial charge >= 0.3 is 0 Å². The minimum atomic E-state index is 0.863. The van der Waals surface area contributed by atoms with Crippen molar-refractivity contribution in [3.05, 3.63) is 45.4 Å². The SMILES string of the molecule is Cc1nc2sccn2c1CNCc1cccs1. The molecule has 3 aromatic heterocycles. The van der Waals surface area contributed by atoms with Crippen LogP contribution in [0.3, 0.4) is 0 Å². The maximum Gasteiger partial charge on any atom is 0.194 e. The van der Waals surface area contributed by atoms with Crippen LogP contribution in [0, 0.1) is 6.92 Å². The van der Waals surface area contributed by atoms with Crippen molar-refractivity contribution in [2.45, 2.75) is 20.0 Å². The van der Waals surface area contributed by atoms with Crippen LogP contribution < -0.4 is 5.32 Å². The Morgan fingerprint density at radius 2 is 2.24 bits per heavy atom. The topological polar surface area (TPSA) is 29.3 Å². The van der Waals surface area contributed by atoms with Crippen LogP contribution >= 0.6 is 22.7 Å². The number of hydrogen-bond acceptors (Lipinski definition) is 4. The Morgan fingerprint density at radius 1 is 1.29 bits per heavy atom. The lowest BCUT2D eigenvalue weighted by atomic mass is 10.3. The van der Waals surface area contributed by atoms with Gasteiger partial charge in [0.15, 0.2) is 4.96 Å². The zero-order chi connectivity index (χ0) is 11.7. The van der Waals surface area contributed by atoms with E-state index in [1.165, 1.54) is 10.6 Å². The Morgan fingerprint density at radius 3 is 3.06 bits per heavy atom. The molecule has 3 aromatic rings. The molecule has 1 N–H and O–H groups in total. The van der Waals surface area contributed by atoms with Crippen molar-refractivity contribution in [2.24, 2.45) is 0 Å². The number of aromatic nitrogens is 2. The third-order valence-electron chi connectivity index (χ3n) is 2.73. The zero-order valence-corrected chi connectivity index (χ0v) is 11.1. The molecule has 5 heteroatoms. The summed E-state index contributed by atoms with van der Waals surface area (Å²) in [5, 5.41) is 7.65. The number of nitrogens with one attached hydrogen (secondary N) is 1. The number of aryl methyl sites for hydroxylation is 1. The third kappa shape index (κ3) is 2.13. The highest BCUT2D eigenvalue weighted by Crippen LogP contribution is 2.16. The normalized spacial score (nSPS) is 11.4. The lowest BCUT2D eigenvalue weighted by Gasteiger charge is -2.03. The first-order chi connectivity index (χ1) is 8.34. The van der Waals surface area contributed by atoms with E-state index >= 15 is 0 Å². The summed E-state index contributed by atoms with van der Waals surface area (Å²) < 4.78 is 2.17. The Balaban J connectivity index is 1.72. The molecule has 0 unspecified atom stereocenters. The summed E-state index contributed by atoms with van der Waals surface area (Å²) in [5.74, 6) is 0. The van der Waals surface area contributed by atoms with E-state index in [9.17, 15) is 0 Å². The maximum absolute atomic E-state index is 4.53. The molecule has 3 nitrogen and oxygen atoms in total. The summed E-state index contributed by atoms with van der Waals surface area (Å²) in [6, 6.07) is 4.24. The Kier molecular flexibility index (Phi) is 2.96. The number of hydrogen-bond donors (Lipinski definition) is 1. The highest BCUT2D eigenvalue weighted by Gasteiger charge is 2.08. The molecular weight excluding hydrogens is 250 g/mol.